The van der Waals surface area contributed by atoms with Gasteiger partial charge in [0.2, 0.25) is 0 Å². The zero-order chi connectivity index (χ0) is 13.0. The Labute approximate surface area is 107 Å². The van der Waals surface area contributed by atoms with E-state index >= 15 is 0 Å². The topological polar surface area (TPSA) is 47.9 Å². The molecular weight excluding hydrogens is 232 g/mol. The van der Waals surface area contributed by atoms with E-state index in [1.165, 1.54) is 0 Å². The Balaban J connectivity index is 2.04. The Morgan fingerprint density at radius 3 is 2.67 bits per heavy atom. The number of benzene rings is 1. The van der Waals surface area contributed by atoms with Crippen LogP contribution in [0.4, 0.5) is 0 Å². The summed E-state index contributed by atoms with van der Waals surface area (Å²) in [6.45, 7) is 5.82. The third-order valence-electron chi connectivity index (χ3n) is 2.78. The predicted octanol–water partition coefficient (Wildman–Crippen LogP) is 2.25. The van der Waals surface area contributed by atoms with Crippen molar-refractivity contribution in [1.29, 1.82) is 0 Å². The maximum Gasteiger partial charge on any atom is 0.164 e. The summed E-state index contributed by atoms with van der Waals surface area (Å²) in [6.07, 6.45) is 0.891. The number of ether oxygens (including phenoxy) is 3. The van der Waals surface area contributed by atoms with E-state index in [2.05, 4.69) is 0 Å². The SMILES string of the molecule is CC(C)(CO)COc1ccc2c(c1)OCCCO2. The molecule has 4 nitrogen and oxygen atoms in total. The Bertz CT molecular complexity index is 401. The van der Waals surface area contributed by atoms with E-state index in [1.807, 2.05) is 32.0 Å². The zero-order valence-electron chi connectivity index (χ0n) is 10.9. The minimum Gasteiger partial charge on any atom is -0.493 e. The van der Waals surface area contributed by atoms with E-state index in [4.69, 9.17) is 14.2 Å². The lowest BCUT2D eigenvalue weighted by molar-refractivity contribution is 0.0974. The van der Waals surface area contributed by atoms with Gasteiger partial charge in [0.1, 0.15) is 5.75 Å². The fourth-order valence-electron chi connectivity index (χ4n) is 1.56. The van der Waals surface area contributed by atoms with Crippen molar-refractivity contribution in [2.75, 3.05) is 26.4 Å². The van der Waals surface area contributed by atoms with Crippen molar-refractivity contribution in [2.24, 2.45) is 5.41 Å². The monoisotopic (exact) mass is 252 g/mol. The molecule has 0 saturated carbocycles. The molecule has 0 aliphatic carbocycles. The molecule has 0 radical (unpaired) electrons. The number of hydrogen-bond acceptors (Lipinski definition) is 4. The first kappa shape index (κ1) is 13.0. The second-order valence-corrected chi connectivity index (χ2v) is 5.27. The molecule has 1 heterocycles. The highest BCUT2D eigenvalue weighted by atomic mass is 16.5. The van der Waals surface area contributed by atoms with Gasteiger partial charge in [-0.15, -0.1) is 0 Å². The summed E-state index contributed by atoms with van der Waals surface area (Å²) in [5.74, 6) is 2.23. The quantitative estimate of drug-likeness (QED) is 0.892. The summed E-state index contributed by atoms with van der Waals surface area (Å²) in [5.41, 5.74) is -0.246. The van der Waals surface area contributed by atoms with Crippen LogP contribution in [0.5, 0.6) is 17.2 Å². The fourth-order valence-corrected chi connectivity index (χ4v) is 1.56. The summed E-state index contributed by atoms with van der Waals surface area (Å²) < 4.78 is 16.8. The molecule has 1 aliphatic rings. The highest BCUT2D eigenvalue weighted by molar-refractivity contribution is 5.45. The van der Waals surface area contributed by atoms with E-state index in [-0.39, 0.29) is 12.0 Å². The van der Waals surface area contributed by atoms with Crippen molar-refractivity contribution < 1.29 is 19.3 Å². The average molecular weight is 252 g/mol. The van der Waals surface area contributed by atoms with E-state index in [0.717, 1.165) is 23.7 Å². The van der Waals surface area contributed by atoms with Crippen LogP contribution in [0.1, 0.15) is 20.3 Å². The van der Waals surface area contributed by atoms with Gasteiger partial charge in [0, 0.05) is 17.9 Å². The minimum absolute atomic E-state index is 0.0948. The van der Waals surface area contributed by atoms with Gasteiger partial charge < -0.3 is 19.3 Å². The normalized spacial score (nSPS) is 15.1. The van der Waals surface area contributed by atoms with Crippen LogP contribution < -0.4 is 14.2 Å². The number of fused-ring (bicyclic) bond motifs is 1. The molecule has 0 unspecified atom stereocenters. The van der Waals surface area contributed by atoms with Gasteiger partial charge in [-0.05, 0) is 12.1 Å². The lowest BCUT2D eigenvalue weighted by Gasteiger charge is -2.22. The molecule has 2 rings (SSSR count). The number of hydrogen-bond donors (Lipinski definition) is 1. The van der Waals surface area contributed by atoms with E-state index in [1.54, 1.807) is 0 Å². The molecule has 0 spiro atoms. The second kappa shape index (κ2) is 5.48. The van der Waals surface area contributed by atoms with Crippen molar-refractivity contribution >= 4 is 0 Å². The summed E-state index contributed by atoms with van der Waals surface area (Å²) in [6, 6.07) is 5.57. The fraction of sp³-hybridized carbons (Fsp3) is 0.571. The number of aliphatic hydroxyl groups is 1. The lowest BCUT2D eigenvalue weighted by Crippen LogP contribution is -2.25. The van der Waals surface area contributed by atoms with E-state index < -0.39 is 0 Å². The number of aliphatic hydroxyl groups excluding tert-OH is 1. The lowest BCUT2D eigenvalue weighted by atomic mass is 9.96. The van der Waals surface area contributed by atoms with Crippen LogP contribution in [0, 0.1) is 5.41 Å². The highest BCUT2D eigenvalue weighted by Gasteiger charge is 2.18. The summed E-state index contributed by atoms with van der Waals surface area (Å²) in [5, 5.41) is 9.18. The maximum absolute atomic E-state index is 9.18. The highest BCUT2D eigenvalue weighted by Crippen LogP contribution is 2.33. The Hall–Kier alpha value is -1.42. The zero-order valence-corrected chi connectivity index (χ0v) is 10.9. The van der Waals surface area contributed by atoms with Crippen molar-refractivity contribution in [3.05, 3.63) is 18.2 Å². The van der Waals surface area contributed by atoms with Crippen LogP contribution in [0.15, 0.2) is 18.2 Å². The van der Waals surface area contributed by atoms with Crippen LogP contribution in [0.3, 0.4) is 0 Å². The molecule has 0 bridgehead atoms. The molecule has 18 heavy (non-hydrogen) atoms. The molecule has 0 amide bonds. The van der Waals surface area contributed by atoms with E-state index in [0.29, 0.717) is 19.8 Å². The van der Waals surface area contributed by atoms with Crippen LogP contribution in [0.2, 0.25) is 0 Å². The van der Waals surface area contributed by atoms with Gasteiger partial charge in [0.15, 0.2) is 11.5 Å². The molecule has 1 aromatic carbocycles. The molecule has 1 N–H and O–H groups in total. The number of rotatable bonds is 4. The van der Waals surface area contributed by atoms with Crippen LogP contribution in [-0.4, -0.2) is 31.5 Å². The van der Waals surface area contributed by atoms with E-state index in [9.17, 15) is 5.11 Å². The third kappa shape index (κ3) is 3.29. The van der Waals surface area contributed by atoms with Crippen molar-refractivity contribution in [3.8, 4) is 17.2 Å². The van der Waals surface area contributed by atoms with Crippen LogP contribution in [0.25, 0.3) is 0 Å². The summed E-state index contributed by atoms with van der Waals surface area (Å²) in [7, 11) is 0. The van der Waals surface area contributed by atoms with Gasteiger partial charge in [-0.3, -0.25) is 0 Å². The Kier molecular flexibility index (Phi) is 3.97. The molecule has 0 saturated heterocycles. The average Bonchev–Trinajstić information content (AvgIpc) is 2.61. The second-order valence-electron chi connectivity index (χ2n) is 5.27. The Morgan fingerprint density at radius 1 is 1.22 bits per heavy atom. The van der Waals surface area contributed by atoms with Crippen LogP contribution in [-0.2, 0) is 0 Å². The minimum atomic E-state index is -0.246. The molecule has 4 heteroatoms. The standard InChI is InChI=1S/C14H20O4/c1-14(2,9-15)10-18-11-4-5-12-13(8-11)17-7-3-6-16-12/h4-5,8,15H,3,6-7,9-10H2,1-2H3. The van der Waals surface area contributed by atoms with Crippen LogP contribution >= 0.6 is 0 Å². The smallest absolute Gasteiger partial charge is 0.164 e. The van der Waals surface area contributed by atoms with Gasteiger partial charge in [-0.25, -0.2) is 0 Å². The first-order chi connectivity index (χ1) is 8.61. The van der Waals surface area contributed by atoms with Gasteiger partial charge in [-0.2, -0.15) is 0 Å². The Morgan fingerprint density at radius 2 is 1.94 bits per heavy atom. The predicted molar refractivity (Wildman–Crippen MR) is 68.4 cm³/mol. The van der Waals surface area contributed by atoms with Crippen molar-refractivity contribution in [1.82, 2.24) is 0 Å². The maximum atomic E-state index is 9.18. The molecule has 1 aliphatic heterocycles. The molecule has 0 aromatic heterocycles. The molecule has 1 aromatic rings. The van der Waals surface area contributed by atoms with Gasteiger partial charge in [-0.1, -0.05) is 13.8 Å². The van der Waals surface area contributed by atoms with Gasteiger partial charge >= 0.3 is 0 Å². The van der Waals surface area contributed by atoms with Gasteiger partial charge in [0.05, 0.1) is 26.4 Å². The first-order valence-corrected chi connectivity index (χ1v) is 6.24. The largest absolute Gasteiger partial charge is 0.493 e. The summed E-state index contributed by atoms with van der Waals surface area (Å²) >= 11 is 0. The van der Waals surface area contributed by atoms with Crippen molar-refractivity contribution in [3.63, 3.8) is 0 Å². The molecule has 0 fully saturated rings. The van der Waals surface area contributed by atoms with Crippen molar-refractivity contribution in [2.45, 2.75) is 20.3 Å². The third-order valence-corrected chi connectivity index (χ3v) is 2.78. The summed E-state index contributed by atoms with van der Waals surface area (Å²) in [4.78, 5) is 0. The molecule has 100 valence electrons. The first-order valence-electron chi connectivity index (χ1n) is 6.24. The molecular formula is C14H20O4. The van der Waals surface area contributed by atoms with Gasteiger partial charge in [0.25, 0.3) is 0 Å². The molecule has 0 atom stereocenters.